The van der Waals surface area contributed by atoms with Crippen molar-refractivity contribution in [3.63, 3.8) is 0 Å². The van der Waals surface area contributed by atoms with Crippen LogP contribution in [0.5, 0.6) is 0 Å². The number of nitrogens with one attached hydrogen (secondary N) is 1. The highest BCUT2D eigenvalue weighted by atomic mass is 19.1. The van der Waals surface area contributed by atoms with Crippen molar-refractivity contribution in [3.05, 3.63) is 35.6 Å². The van der Waals surface area contributed by atoms with Crippen LogP contribution in [0.15, 0.2) is 24.3 Å². The molecule has 1 aromatic rings. The Balaban J connectivity index is 2.71. The fourth-order valence-corrected chi connectivity index (χ4v) is 1.67. The van der Waals surface area contributed by atoms with Gasteiger partial charge in [-0.2, -0.15) is 0 Å². The molecular formula is C14H17FN2O4. The number of amides is 3. The lowest BCUT2D eigenvalue weighted by Gasteiger charge is -2.19. The number of hydrogen-bond acceptors (Lipinski definition) is 4. The summed E-state index contributed by atoms with van der Waals surface area (Å²) in [5.74, 6) is -2.47. The molecule has 3 N–H and O–H groups in total. The fraction of sp³-hybridized carbons (Fsp3) is 0.357. The van der Waals surface area contributed by atoms with Gasteiger partial charge in [-0.3, -0.25) is 14.9 Å². The maximum atomic E-state index is 13.4. The van der Waals surface area contributed by atoms with Crippen molar-refractivity contribution in [2.75, 3.05) is 0 Å². The van der Waals surface area contributed by atoms with Gasteiger partial charge in [0, 0.05) is 0 Å². The summed E-state index contributed by atoms with van der Waals surface area (Å²) in [6.07, 6.45) is -1.48. The van der Waals surface area contributed by atoms with E-state index >= 15 is 0 Å². The number of hydrogen-bond donors (Lipinski definition) is 2. The van der Waals surface area contributed by atoms with Gasteiger partial charge in [-0.15, -0.1) is 0 Å². The number of primary amides is 1. The summed E-state index contributed by atoms with van der Waals surface area (Å²) in [6, 6.07) is 4.73. The molecule has 0 aromatic heterocycles. The van der Waals surface area contributed by atoms with Crippen LogP contribution in [-0.2, 0) is 20.7 Å². The summed E-state index contributed by atoms with van der Waals surface area (Å²) >= 11 is 0. The van der Waals surface area contributed by atoms with Crippen LogP contribution >= 0.6 is 0 Å². The van der Waals surface area contributed by atoms with Crippen LogP contribution in [0.25, 0.3) is 0 Å². The standard InChI is InChI=1S/C14H17FN2O4/c1-8(2)12(13(19)17-14(16)20)21-11(18)7-9-5-3-4-6-10(9)15/h3-6,8,12H,7H2,1-2H3,(H3,16,17,19,20). The molecule has 1 aromatic carbocycles. The molecule has 0 spiro atoms. The molecule has 6 nitrogen and oxygen atoms in total. The lowest BCUT2D eigenvalue weighted by molar-refractivity contribution is -0.157. The minimum Gasteiger partial charge on any atom is -0.452 e. The summed E-state index contributed by atoms with van der Waals surface area (Å²) < 4.78 is 18.4. The first-order chi connectivity index (χ1) is 9.81. The number of carbonyl (C=O) groups is 3. The topological polar surface area (TPSA) is 98.5 Å². The minimum absolute atomic E-state index is 0.167. The van der Waals surface area contributed by atoms with Gasteiger partial charge < -0.3 is 10.5 Å². The number of benzene rings is 1. The number of urea groups is 1. The first-order valence-electron chi connectivity index (χ1n) is 6.34. The van der Waals surface area contributed by atoms with E-state index in [-0.39, 0.29) is 17.9 Å². The largest absolute Gasteiger partial charge is 0.452 e. The summed E-state index contributed by atoms with van der Waals surface area (Å²) in [4.78, 5) is 34.1. The van der Waals surface area contributed by atoms with Gasteiger partial charge in [0.25, 0.3) is 5.91 Å². The lowest BCUT2D eigenvalue weighted by Crippen LogP contribution is -2.45. The molecule has 1 unspecified atom stereocenters. The van der Waals surface area contributed by atoms with Crippen molar-refractivity contribution in [1.82, 2.24) is 5.32 Å². The molecule has 1 rings (SSSR count). The Morgan fingerprint density at radius 3 is 2.43 bits per heavy atom. The van der Waals surface area contributed by atoms with Crippen molar-refractivity contribution >= 4 is 17.9 Å². The summed E-state index contributed by atoms with van der Waals surface area (Å²) in [7, 11) is 0. The van der Waals surface area contributed by atoms with Gasteiger partial charge in [0.2, 0.25) is 0 Å². The molecule has 0 saturated carbocycles. The van der Waals surface area contributed by atoms with Crippen LogP contribution in [0.1, 0.15) is 19.4 Å². The van der Waals surface area contributed by atoms with Crippen LogP contribution in [0.3, 0.4) is 0 Å². The Kier molecular flexibility index (Phi) is 5.83. The molecule has 114 valence electrons. The minimum atomic E-state index is -1.17. The van der Waals surface area contributed by atoms with Crippen LogP contribution in [0.2, 0.25) is 0 Å². The van der Waals surface area contributed by atoms with Crippen LogP contribution < -0.4 is 11.1 Å². The molecular weight excluding hydrogens is 279 g/mol. The first kappa shape index (κ1) is 16.6. The van der Waals surface area contributed by atoms with E-state index in [0.717, 1.165) is 0 Å². The van der Waals surface area contributed by atoms with Crippen molar-refractivity contribution in [3.8, 4) is 0 Å². The van der Waals surface area contributed by atoms with Gasteiger partial charge in [-0.25, -0.2) is 9.18 Å². The molecule has 0 heterocycles. The Bertz CT molecular complexity index is 546. The summed E-state index contributed by atoms with van der Waals surface area (Å²) in [5.41, 5.74) is 5.01. The Hall–Kier alpha value is -2.44. The normalized spacial score (nSPS) is 11.8. The van der Waals surface area contributed by atoms with Gasteiger partial charge in [-0.1, -0.05) is 32.0 Å². The maximum absolute atomic E-state index is 13.4. The molecule has 0 aliphatic carbocycles. The third kappa shape index (κ3) is 5.21. The van der Waals surface area contributed by atoms with Gasteiger partial charge in [0.15, 0.2) is 6.10 Å². The number of nitrogens with two attached hydrogens (primary N) is 1. The van der Waals surface area contributed by atoms with Gasteiger partial charge in [0.1, 0.15) is 5.82 Å². The smallest absolute Gasteiger partial charge is 0.318 e. The van der Waals surface area contributed by atoms with Crippen molar-refractivity contribution < 1.29 is 23.5 Å². The molecule has 0 fully saturated rings. The monoisotopic (exact) mass is 296 g/mol. The van der Waals surface area contributed by atoms with Crippen molar-refractivity contribution in [1.29, 1.82) is 0 Å². The lowest BCUT2D eigenvalue weighted by atomic mass is 10.1. The van der Waals surface area contributed by atoms with E-state index in [4.69, 9.17) is 10.5 Å². The summed E-state index contributed by atoms with van der Waals surface area (Å²) in [6.45, 7) is 3.28. The first-order valence-corrected chi connectivity index (χ1v) is 6.34. The van der Waals surface area contributed by atoms with Crippen LogP contribution in [-0.4, -0.2) is 24.0 Å². The Morgan fingerprint density at radius 1 is 1.29 bits per heavy atom. The number of imide groups is 1. The molecule has 0 radical (unpaired) electrons. The van der Waals surface area contributed by atoms with Gasteiger partial charge in [-0.05, 0) is 17.5 Å². The highest BCUT2D eigenvalue weighted by Gasteiger charge is 2.27. The molecule has 0 bridgehead atoms. The second kappa shape index (κ2) is 7.37. The van der Waals surface area contributed by atoms with Crippen LogP contribution in [0.4, 0.5) is 9.18 Å². The number of carbonyl (C=O) groups excluding carboxylic acids is 3. The van der Waals surface area contributed by atoms with Crippen LogP contribution in [0, 0.1) is 11.7 Å². The second-order valence-corrected chi connectivity index (χ2v) is 4.78. The third-order valence-electron chi connectivity index (χ3n) is 2.66. The SMILES string of the molecule is CC(C)C(OC(=O)Cc1ccccc1F)C(=O)NC(N)=O. The summed E-state index contributed by atoms with van der Waals surface area (Å²) in [5, 5.41) is 1.85. The maximum Gasteiger partial charge on any atom is 0.318 e. The van der Waals surface area contributed by atoms with E-state index in [9.17, 15) is 18.8 Å². The number of ether oxygens (including phenoxy) is 1. The molecule has 3 amide bonds. The zero-order valence-electron chi connectivity index (χ0n) is 11.8. The van der Waals surface area contributed by atoms with E-state index in [1.807, 2.05) is 5.32 Å². The quantitative estimate of drug-likeness (QED) is 0.796. The zero-order chi connectivity index (χ0) is 16.0. The average molecular weight is 296 g/mol. The van der Waals surface area contributed by atoms with Gasteiger partial charge in [0.05, 0.1) is 6.42 Å². The third-order valence-corrected chi connectivity index (χ3v) is 2.66. The average Bonchev–Trinajstić information content (AvgIpc) is 2.37. The fourth-order valence-electron chi connectivity index (χ4n) is 1.67. The van der Waals surface area contributed by atoms with E-state index in [2.05, 4.69) is 0 Å². The Morgan fingerprint density at radius 2 is 1.90 bits per heavy atom. The highest BCUT2D eigenvalue weighted by Crippen LogP contribution is 2.12. The molecule has 21 heavy (non-hydrogen) atoms. The number of esters is 1. The van der Waals surface area contributed by atoms with Crippen molar-refractivity contribution in [2.24, 2.45) is 11.7 Å². The molecule has 1 atom stereocenters. The zero-order valence-corrected chi connectivity index (χ0v) is 11.8. The number of rotatable bonds is 5. The van der Waals surface area contributed by atoms with Crippen molar-refractivity contribution in [2.45, 2.75) is 26.4 Å². The van der Waals surface area contributed by atoms with E-state index < -0.39 is 29.8 Å². The molecule has 0 aliphatic rings. The van der Waals surface area contributed by atoms with Gasteiger partial charge >= 0.3 is 12.0 Å². The molecule has 0 aliphatic heterocycles. The predicted molar refractivity (Wildman–Crippen MR) is 72.5 cm³/mol. The number of halogens is 1. The molecule has 7 heteroatoms. The van der Waals surface area contributed by atoms with E-state index in [1.165, 1.54) is 18.2 Å². The van der Waals surface area contributed by atoms with E-state index in [0.29, 0.717) is 0 Å². The predicted octanol–water partition coefficient (Wildman–Crippen LogP) is 1.13. The van der Waals surface area contributed by atoms with E-state index in [1.54, 1.807) is 19.9 Å². The molecule has 0 saturated heterocycles. The second-order valence-electron chi connectivity index (χ2n) is 4.78. The highest BCUT2D eigenvalue weighted by molar-refractivity contribution is 5.96. The Labute approximate surface area is 121 Å².